The smallest absolute Gasteiger partial charge is 0.244 e. The van der Waals surface area contributed by atoms with Gasteiger partial charge in [0.1, 0.15) is 18.0 Å². The van der Waals surface area contributed by atoms with Crippen LogP contribution in [-0.4, -0.2) is 36.0 Å². The molecule has 2 aromatic rings. The molecule has 1 aromatic heterocycles. The summed E-state index contributed by atoms with van der Waals surface area (Å²) < 4.78 is 0. The van der Waals surface area contributed by atoms with E-state index in [0.717, 1.165) is 18.3 Å². The lowest BCUT2D eigenvalue weighted by molar-refractivity contribution is -0.114. The van der Waals surface area contributed by atoms with E-state index in [1.54, 1.807) is 30.1 Å². The molecule has 0 saturated heterocycles. The van der Waals surface area contributed by atoms with Crippen molar-refractivity contribution >= 4 is 46.4 Å². The lowest BCUT2D eigenvalue weighted by Gasteiger charge is -2.18. The van der Waals surface area contributed by atoms with E-state index in [2.05, 4.69) is 20.6 Å². The van der Waals surface area contributed by atoms with Crippen LogP contribution < -0.4 is 15.5 Å². The van der Waals surface area contributed by atoms with E-state index in [1.165, 1.54) is 19.2 Å². The number of nitrogens with zero attached hydrogens (tertiary/aromatic N) is 3. The predicted octanol–water partition coefficient (Wildman–Crippen LogP) is 3.68. The van der Waals surface area contributed by atoms with Crippen LogP contribution >= 0.6 is 23.2 Å². The summed E-state index contributed by atoms with van der Waals surface area (Å²) in [6.45, 7) is 1.03. The highest BCUT2D eigenvalue weighted by Gasteiger charge is 2.21. The summed E-state index contributed by atoms with van der Waals surface area (Å²) in [4.78, 5) is 22.4. The Morgan fingerprint density at radius 3 is 2.68 bits per heavy atom. The van der Waals surface area contributed by atoms with Crippen molar-refractivity contribution in [2.45, 2.75) is 12.8 Å². The largest absolute Gasteiger partial charge is 0.370 e. The third kappa shape index (κ3) is 4.96. The van der Waals surface area contributed by atoms with Gasteiger partial charge in [-0.2, -0.15) is 0 Å². The molecule has 8 heteroatoms. The second kappa shape index (κ2) is 7.89. The first-order chi connectivity index (χ1) is 12.0. The minimum Gasteiger partial charge on any atom is -0.370 e. The molecule has 1 heterocycles. The average Bonchev–Trinajstić information content (AvgIpc) is 3.41. The molecule has 1 aliphatic rings. The molecule has 0 spiro atoms. The summed E-state index contributed by atoms with van der Waals surface area (Å²) in [5.74, 6) is 1.94. The Bertz CT molecular complexity index is 746. The number of carbonyl (C=O) groups is 1. The predicted molar refractivity (Wildman–Crippen MR) is 102 cm³/mol. The number of halogens is 2. The number of amides is 1. The van der Waals surface area contributed by atoms with Crippen molar-refractivity contribution in [3.63, 3.8) is 0 Å². The van der Waals surface area contributed by atoms with Crippen LogP contribution in [0.25, 0.3) is 0 Å². The molecule has 2 N–H and O–H groups in total. The quantitative estimate of drug-likeness (QED) is 0.767. The van der Waals surface area contributed by atoms with E-state index in [0.29, 0.717) is 21.6 Å². The van der Waals surface area contributed by atoms with Crippen LogP contribution in [0.2, 0.25) is 10.0 Å². The zero-order valence-corrected chi connectivity index (χ0v) is 15.3. The zero-order chi connectivity index (χ0) is 17.8. The maximum absolute atomic E-state index is 12.3. The molecule has 1 aromatic carbocycles. The normalized spacial score (nSPS) is 13.4. The average molecular weight is 380 g/mol. The Morgan fingerprint density at radius 2 is 2.00 bits per heavy atom. The highest BCUT2D eigenvalue weighted by Crippen LogP contribution is 2.30. The molecule has 1 fully saturated rings. The van der Waals surface area contributed by atoms with Crippen LogP contribution in [0.1, 0.15) is 12.8 Å². The van der Waals surface area contributed by atoms with E-state index in [1.807, 2.05) is 6.07 Å². The summed E-state index contributed by atoms with van der Waals surface area (Å²) in [5.41, 5.74) is 0.415. The number of nitrogens with one attached hydrogen (secondary N) is 2. The Morgan fingerprint density at radius 1 is 1.28 bits per heavy atom. The van der Waals surface area contributed by atoms with Gasteiger partial charge in [0, 0.05) is 19.7 Å². The minimum absolute atomic E-state index is 0.112. The molecule has 1 amide bonds. The van der Waals surface area contributed by atoms with Crippen LogP contribution in [0.15, 0.2) is 30.6 Å². The monoisotopic (exact) mass is 379 g/mol. The fourth-order valence-electron chi connectivity index (χ4n) is 2.32. The lowest BCUT2D eigenvalue weighted by Crippen LogP contribution is -2.30. The van der Waals surface area contributed by atoms with Gasteiger partial charge in [-0.25, -0.2) is 9.97 Å². The fraction of sp³-hybridized carbons (Fsp3) is 0.353. The number of hydrogen-bond donors (Lipinski definition) is 2. The highest BCUT2D eigenvalue weighted by molar-refractivity contribution is 6.39. The molecule has 3 rings (SSSR count). The fourth-order valence-corrected chi connectivity index (χ4v) is 2.81. The van der Waals surface area contributed by atoms with Gasteiger partial charge in [-0.05, 0) is 30.9 Å². The highest BCUT2D eigenvalue weighted by atomic mass is 35.5. The van der Waals surface area contributed by atoms with Crippen molar-refractivity contribution in [3.8, 4) is 0 Å². The van der Waals surface area contributed by atoms with Crippen LogP contribution in [0.4, 0.5) is 17.3 Å². The Labute approximate surface area is 156 Å². The van der Waals surface area contributed by atoms with Crippen molar-refractivity contribution in [1.82, 2.24) is 9.97 Å². The lowest BCUT2D eigenvalue weighted by atomic mass is 10.3. The standard InChI is InChI=1S/C17H19Cl2N5O/c1-24(9-16(25)23-17-12(18)3-2-4-13(17)19)15-7-14(21-10-22-15)20-8-11-5-6-11/h2-4,7,10-11H,5-6,8-9H2,1H3,(H,23,25)(H,20,21,22). The summed E-state index contributed by atoms with van der Waals surface area (Å²) in [5, 5.41) is 6.84. The summed E-state index contributed by atoms with van der Waals surface area (Å²) in [6, 6.07) is 6.91. The molecule has 0 unspecified atom stereocenters. The molecule has 25 heavy (non-hydrogen) atoms. The second-order valence-corrected chi connectivity index (χ2v) is 6.90. The zero-order valence-electron chi connectivity index (χ0n) is 13.8. The molecule has 0 aliphatic heterocycles. The summed E-state index contributed by atoms with van der Waals surface area (Å²) in [7, 11) is 1.79. The molecule has 1 saturated carbocycles. The first-order valence-corrected chi connectivity index (χ1v) is 8.79. The van der Waals surface area contributed by atoms with Crippen molar-refractivity contribution in [2.24, 2.45) is 5.92 Å². The van der Waals surface area contributed by atoms with E-state index < -0.39 is 0 Å². The first-order valence-electron chi connectivity index (χ1n) is 8.04. The molecular formula is C17H19Cl2N5O. The van der Waals surface area contributed by atoms with Crippen molar-refractivity contribution in [2.75, 3.05) is 35.7 Å². The Hall–Kier alpha value is -2.05. The maximum atomic E-state index is 12.3. The van der Waals surface area contributed by atoms with E-state index in [9.17, 15) is 4.79 Å². The molecule has 6 nitrogen and oxygen atoms in total. The molecular weight excluding hydrogens is 361 g/mol. The maximum Gasteiger partial charge on any atom is 0.244 e. The van der Waals surface area contributed by atoms with E-state index in [4.69, 9.17) is 23.2 Å². The molecule has 0 atom stereocenters. The number of hydrogen-bond acceptors (Lipinski definition) is 5. The third-order valence-electron chi connectivity index (χ3n) is 3.92. The van der Waals surface area contributed by atoms with E-state index >= 15 is 0 Å². The van der Waals surface area contributed by atoms with Gasteiger partial charge in [-0.3, -0.25) is 4.79 Å². The number of carbonyl (C=O) groups excluding carboxylic acids is 1. The van der Waals surface area contributed by atoms with Crippen molar-refractivity contribution in [3.05, 3.63) is 40.6 Å². The molecule has 132 valence electrons. The van der Waals surface area contributed by atoms with Gasteiger partial charge < -0.3 is 15.5 Å². The van der Waals surface area contributed by atoms with Crippen LogP contribution in [-0.2, 0) is 4.79 Å². The topological polar surface area (TPSA) is 70.2 Å². The molecule has 0 bridgehead atoms. The van der Waals surface area contributed by atoms with E-state index in [-0.39, 0.29) is 12.5 Å². The number of anilines is 3. The van der Waals surface area contributed by atoms with Crippen LogP contribution in [0, 0.1) is 5.92 Å². The second-order valence-electron chi connectivity index (χ2n) is 6.09. The number of aromatic nitrogens is 2. The minimum atomic E-state index is -0.233. The van der Waals surface area contributed by atoms with Gasteiger partial charge in [0.25, 0.3) is 0 Å². The number of para-hydroxylation sites is 1. The van der Waals surface area contributed by atoms with Gasteiger partial charge in [-0.1, -0.05) is 29.3 Å². The van der Waals surface area contributed by atoms with Gasteiger partial charge in [0.2, 0.25) is 5.91 Å². The van der Waals surface area contributed by atoms with Gasteiger partial charge in [0.15, 0.2) is 0 Å². The SMILES string of the molecule is CN(CC(=O)Nc1c(Cl)cccc1Cl)c1cc(NCC2CC2)ncn1. The van der Waals surface area contributed by atoms with Crippen molar-refractivity contribution < 1.29 is 4.79 Å². The number of benzene rings is 1. The Balaban J connectivity index is 1.60. The number of rotatable bonds is 7. The van der Waals surface area contributed by atoms with Gasteiger partial charge in [-0.15, -0.1) is 0 Å². The summed E-state index contributed by atoms with van der Waals surface area (Å²) in [6.07, 6.45) is 4.04. The van der Waals surface area contributed by atoms with Crippen LogP contribution in [0.3, 0.4) is 0 Å². The van der Waals surface area contributed by atoms with Gasteiger partial charge >= 0.3 is 0 Å². The number of likely N-dealkylation sites (N-methyl/N-ethyl adjacent to an activating group) is 1. The van der Waals surface area contributed by atoms with Crippen LogP contribution in [0.5, 0.6) is 0 Å². The first kappa shape index (κ1) is 17.8. The van der Waals surface area contributed by atoms with Gasteiger partial charge in [0.05, 0.1) is 22.3 Å². The summed E-state index contributed by atoms with van der Waals surface area (Å²) >= 11 is 12.1. The third-order valence-corrected chi connectivity index (χ3v) is 4.55. The Kier molecular flexibility index (Phi) is 5.60. The molecule has 1 aliphatic carbocycles. The van der Waals surface area contributed by atoms with Crippen molar-refractivity contribution in [1.29, 1.82) is 0 Å². The molecule has 0 radical (unpaired) electrons.